The Labute approximate surface area is 172 Å². The van der Waals surface area contributed by atoms with Crippen molar-refractivity contribution >= 4 is 16.8 Å². The van der Waals surface area contributed by atoms with Gasteiger partial charge in [-0.3, -0.25) is 4.79 Å². The maximum Gasteiger partial charge on any atom is 0.251 e. The van der Waals surface area contributed by atoms with Crippen LogP contribution < -0.4 is 5.32 Å². The minimum Gasteiger partial charge on any atom is -0.381 e. The van der Waals surface area contributed by atoms with Crippen LogP contribution in [-0.2, 0) is 4.79 Å². The van der Waals surface area contributed by atoms with Crippen LogP contribution in [0, 0.1) is 23.4 Å². The molecule has 0 aliphatic heterocycles. The van der Waals surface area contributed by atoms with E-state index in [1.54, 1.807) is 12.1 Å². The Bertz CT molecular complexity index is 1090. The first kappa shape index (κ1) is 20.5. The van der Waals surface area contributed by atoms with Crippen LogP contribution in [0.2, 0.25) is 0 Å². The van der Waals surface area contributed by atoms with Gasteiger partial charge < -0.3 is 15.4 Å². The molecule has 158 valence electrons. The Morgan fingerprint density at radius 2 is 1.80 bits per heavy atom. The molecular weight excluding hydrogens is 393 g/mol. The quantitative estimate of drug-likeness (QED) is 0.568. The number of hydrogen-bond acceptors (Lipinski definition) is 2. The second kappa shape index (κ2) is 7.47. The summed E-state index contributed by atoms with van der Waals surface area (Å²) in [7, 11) is 0. The van der Waals surface area contributed by atoms with Crippen molar-refractivity contribution in [2.45, 2.75) is 38.2 Å². The highest BCUT2D eigenvalue weighted by atomic mass is 19.1. The van der Waals surface area contributed by atoms with Gasteiger partial charge in [-0.15, -0.1) is 0 Å². The standard InChI is InChI=1S/C23H23F3N2O2/c1-23(2,30)22(29)27-11-12-7-14(8-12)19-17-9-16(25)10-18(26)21(17)28-20(19)13-3-5-15(24)6-4-13/h3-6,9-10,12,14,28,30H,7-8,11H2,1-2H3,(H,27,29). The van der Waals surface area contributed by atoms with Crippen LogP contribution in [0.4, 0.5) is 13.2 Å². The molecule has 1 amide bonds. The number of rotatable bonds is 5. The van der Waals surface area contributed by atoms with Gasteiger partial charge in [-0.2, -0.15) is 0 Å². The number of halogens is 3. The molecule has 0 unspecified atom stereocenters. The number of H-pyrrole nitrogens is 1. The highest BCUT2D eigenvalue weighted by Gasteiger charge is 2.35. The Morgan fingerprint density at radius 1 is 1.13 bits per heavy atom. The van der Waals surface area contributed by atoms with Crippen molar-refractivity contribution in [2.75, 3.05) is 6.54 Å². The summed E-state index contributed by atoms with van der Waals surface area (Å²) in [5.41, 5.74) is 0.939. The van der Waals surface area contributed by atoms with Crippen LogP contribution in [0.25, 0.3) is 22.2 Å². The third-order valence-electron chi connectivity index (χ3n) is 5.75. The topological polar surface area (TPSA) is 65.1 Å². The number of aromatic nitrogens is 1. The summed E-state index contributed by atoms with van der Waals surface area (Å²) in [6, 6.07) is 8.04. The van der Waals surface area contributed by atoms with E-state index in [0.29, 0.717) is 23.2 Å². The zero-order valence-corrected chi connectivity index (χ0v) is 16.7. The van der Waals surface area contributed by atoms with E-state index in [2.05, 4.69) is 10.3 Å². The number of benzene rings is 2. The number of aromatic amines is 1. The van der Waals surface area contributed by atoms with Crippen LogP contribution in [0.1, 0.15) is 38.2 Å². The van der Waals surface area contributed by atoms with Gasteiger partial charge in [0.05, 0.1) is 11.2 Å². The van der Waals surface area contributed by atoms with Gasteiger partial charge >= 0.3 is 0 Å². The molecule has 2 aromatic carbocycles. The molecule has 7 heteroatoms. The number of carbonyl (C=O) groups excluding carboxylic acids is 1. The monoisotopic (exact) mass is 416 g/mol. The van der Waals surface area contributed by atoms with Gasteiger partial charge in [-0.1, -0.05) is 0 Å². The van der Waals surface area contributed by atoms with E-state index in [1.165, 1.54) is 32.0 Å². The summed E-state index contributed by atoms with van der Waals surface area (Å²) in [4.78, 5) is 14.9. The summed E-state index contributed by atoms with van der Waals surface area (Å²) in [6.07, 6.45) is 1.46. The number of aliphatic hydroxyl groups is 1. The molecule has 0 bridgehead atoms. The zero-order chi connectivity index (χ0) is 21.6. The Balaban J connectivity index is 1.63. The van der Waals surface area contributed by atoms with E-state index in [9.17, 15) is 23.1 Å². The number of nitrogens with one attached hydrogen (secondary N) is 2. The number of hydrogen-bond donors (Lipinski definition) is 3. The summed E-state index contributed by atoms with van der Waals surface area (Å²) in [5.74, 6) is -1.89. The minimum absolute atomic E-state index is 0.0454. The van der Waals surface area contributed by atoms with Gasteiger partial charge in [0.1, 0.15) is 23.1 Å². The van der Waals surface area contributed by atoms with Crippen molar-refractivity contribution in [3.8, 4) is 11.3 Å². The molecule has 4 nitrogen and oxygen atoms in total. The molecule has 0 saturated heterocycles. The van der Waals surface area contributed by atoms with E-state index < -0.39 is 23.1 Å². The lowest BCUT2D eigenvalue weighted by atomic mass is 9.70. The van der Waals surface area contributed by atoms with E-state index in [1.807, 2.05) is 0 Å². The summed E-state index contributed by atoms with van der Waals surface area (Å²) in [5, 5.41) is 13.0. The van der Waals surface area contributed by atoms with Gasteiger partial charge in [0.2, 0.25) is 0 Å². The maximum absolute atomic E-state index is 14.4. The molecule has 1 heterocycles. The van der Waals surface area contributed by atoms with Crippen LogP contribution >= 0.6 is 0 Å². The predicted molar refractivity (Wildman–Crippen MR) is 108 cm³/mol. The first-order chi connectivity index (χ1) is 14.1. The predicted octanol–water partition coefficient (Wildman–Crippen LogP) is 4.63. The third-order valence-corrected chi connectivity index (χ3v) is 5.75. The normalized spacial score (nSPS) is 19.0. The van der Waals surface area contributed by atoms with Crippen molar-refractivity contribution in [3.63, 3.8) is 0 Å². The van der Waals surface area contributed by atoms with Gasteiger partial charge in [0.25, 0.3) is 5.91 Å². The van der Waals surface area contributed by atoms with E-state index >= 15 is 0 Å². The largest absolute Gasteiger partial charge is 0.381 e. The SMILES string of the molecule is CC(C)(O)C(=O)NCC1CC(c2c(-c3ccc(F)cc3)[nH]c3c(F)cc(F)cc23)C1. The lowest BCUT2D eigenvalue weighted by molar-refractivity contribution is -0.136. The summed E-state index contributed by atoms with van der Waals surface area (Å²) < 4.78 is 41.7. The molecule has 3 aromatic rings. The smallest absolute Gasteiger partial charge is 0.251 e. The average Bonchev–Trinajstić information content (AvgIpc) is 2.99. The van der Waals surface area contributed by atoms with Crippen LogP contribution in [0.3, 0.4) is 0 Å². The van der Waals surface area contributed by atoms with Crippen LogP contribution in [0.15, 0.2) is 36.4 Å². The second-order valence-corrected chi connectivity index (χ2v) is 8.53. The van der Waals surface area contributed by atoms with Crippen LogP contribution in [-0.4, -0.2) is 28.1 Å². The first-order valence-electron chi connectivity index (χ1n) is 9.90. The molecule has 1 aliphatic rings. The fourth-order valence-electron chi connectivity index (χ4n) is 4.10. The lowest BCUT2D eigenvalue weighted by Gasteiger charge is -2.36. The molecule has 0 spiro atoms. The molecule has 1 fully saturated rings. The van der Waals surface area contributed by atoms with Gasteiger partial charge in [-0.25, -0.2) is 13.2 Å². The van der Waals surface area contributed by atoms with Crippen molar-refractivity contribution in [1.29, 1.82) is 0 Å². The van der Waals surface area contributed by atoms with Crippen LogP contribution in [0.5, 0.6) is 0 Å². The molecule has 1 saturated carbocycles. The lowest BCUT2D eigenvalue weighted by Crippen LogP contribution is -2.45. The zero-order valence-electron chi connectivity index (χ0n) is 16.7. The summed E-state index contributed by atoms with van der Waals surface area (Å²) in [6.45, 7) is 3.28. The molecule has 4 rings (SSSR count). The highest BCUT2D eigenvalue weighted by molar-refractivity contribution is 5.92. The Morgan fingerprint density at radius 3 is 2.43 bits per heavy atom. The van der Waals surface area contributed by atoms with Crippen molar-refractivity contribution < 1.29 is 23.1 Å². The average molecular weight is 416 g/mol. The molecule has 0 atom stereocenters. The highest BCUT2D eigenvalue weighted by Crippen LogP contribution is 2.48. The minimum atomic E-state index is -1.44. The van der Waals surface area contributed by atoms with Gasteiger partial charge in [0, 0.05) is 18.0 Å². The summed E-state index contributed by atoms with van der Waals surface area (Å²) >= 11 is 0. The van der Waals surface area contributed by atoms with Crippen molar-refractivity contribution in [1.82, 2.24) is 10.3 Å². The Hall–Kier alpha value is -2.80. The molecule has 1 aliphatic carbocycles. The van der Waals surface area contributed by atoms with Crippen molar-refractivity contribution in [3.05, 3.63) is 59.4 Å². The molecule has 3 N–H and O–H groups in total. The molecule has 1 aromatic heterocycles. The van der Waals surface area contributed by atoms with Gasteiger partial charge in [0.15, 0.2) is 0 Å². The van der Waals surface area contributed by atoms with Crippen molar-refractivity contribution in [2.24, 2.45) is 5.92 Å². The number of fused-ring (bicyclic) bond motifs is 1. The molecular formula is C23H23F3N2O2. The fourth-order valence-corrected chi connectivity index (χ4v) is 4.10. The third kappa shape index (κ3) is 3.81. The number of carbonyl (C=O) groups is 1. The Kier molecular flexibility index (Phi) is 5.10. The van der Waals surface area contributed by atoms with Gasteiger partial charge in [-0.05, 0) is 80.0 Å². The van der Waals surface area contributed by atoms with E-state index in [4.69, 9.17) is 0 Å². The molecule has 30 heavy (non-hydrogen) atoms. The fraction of sp³-hybridized carbons (Fsp3) is 0.348. The number of amides is 1. The second-order valence-electron chi connectivity index (χ2n) is 8.53. The van der Waals surface area contributed by atoms with E-state index in [0.717, 1.165) is 24.5 Å². The first-order valence-corrected chi connectivity index (χ1v) is 9.90. The molecule has 0 radical (unpaired) electrons. The van der Waals surface area contributed by atoms with E-state index in [-0.39, 0.29) is 23.2 Å². The maximum atomic E-state index is 14.4.